The lowest BCUT2D eigenvalue weighted by Crippen LogP contribution is -2.44. The van der Waals surface area contributed by atoms with Crippen molar-refractivity contribution in [1.82, 2.24) is 4.90 Å². The first-order valence-electron chi connectivity index (χ1n) is 6.66. The maximum atomic E-state index is 10.3. The van der Waals surface area contributed by atoms with Gasteiger partial charge in [-0.15, -0.1) is 0 Å². The van der Waals surface area contributed by atoms with Gasteiger partial charge >= 0.3 is 0 Å². The molecule has 1 aliphatic heterocycles. The minimum atomic E-state index is -0.690. The van der Waals surface area contributed by atoms with Gasteiger partial charge in [0.15, 0.2) is 0 Å². The maximum absolute atomic E-state index is 10.3. The van der Waals surface area contributed by atoms with Crippen molar-refractivity contribution >= 4 is 6.34 Å². The number of aliphatic hydroxyl groups is 1. The molecule has 0 fully saturated rings. The number of hydrogen-bond donors (Lipinski definition) is 1. The van der Waals surface area contributed by atoms with Gasteiger partial charge in [0, 0.05) is 6.54 Å². The van der Waals surface area contributed by atoms with Crippen molar-refractivity contribution in [2.45, 2.75) is 64.5 Å². The Morgan fingerprint density at radius 3 is 2.56 bits per heavy atom. The molecular weight excluding hydrogens is 200 g/mol. The molecule has 0 aliphatic carbocycles. The predicted octanol–water partition coefficient (Wildman–Crippen LogP) is 2.79. The summed E-state index contributed by atoms with van der Waals surface area (Å²) in [6.07, 6.45) is 10.3. The average Bonchev–Trinajstić information content (AvgIpc) is 2.77. The summed E-state index contributed by atoms with van der Waals surface area (Å²) in [5.74, 6) is 0. The number of aliphatic imine (C=N–C) groups is 1. The van der Waals surface area contributed by atoms with E-state index in [4.69, 9.17) is 0 Å². The lowest BCUT2D eigenvalue weighted by molar-refractivity contribution is -0.0538. The van der Waals surface area contributed by atoms with Crippen molar-refractivity contribution in [2.75, 3.05) is 13.1 Å². The second-order valence-electron chi connectivity index (χ2n) is 4.95. The van der Waals surface area contributed by atoms with Crippen molar-refractivity contribution < 1.29 is 5.11 Å². The monoisotopic (exact) mass is 226 g/mol. The van der Waals surface area contributed by atoms with Crippen LogP contribution in [0.2, 0.25) is 0 Å². The Morgan fingerprint density at radius 2 is 1.94 bits per heavy atom. The van der Waals surface area contributed by atoms with E-state index in [1.807, 2.05) is 11.8 Å². The highest BCUT2D eigenvalue weighted by Crippen LogP contribution is 2.20. The van der Waals surface area contributed by atoms with Crippen LogP contribution in [0.15, 0.2) is 4.99 Å². The van der Waals surface area contributed by atoms with Crippen LogP contribution in [0.3, 0.4) is 0 Å². The molecule has 16 heavy (non-hydrogen) atoms. The van der Waals surface area contributed by atoms with E-state index in [2.05, 4.69) is 11.9 Å². The molecule has 1 unspecified atom stereocenters. The van der Waals surface area contributed by atoms with Gasteiger partial charge in [0.25, 0.3) is 0 Å². The van der Waals surface area contributed by atoms with E-state index < -0.39 is 5.72 Å². The van der Waals surface area contributed by atoms with Crippen LogP contribution < -0.4 is 0 Å². The molecule has 1 N–H and O–H groups in total. The second-order valence-corrected chi connectivity index (χ2v) is 4.95. The molecule has 0 aromatic carbocycles. The van der Waals surface area contributed by atoms with E-state index in [0.29, 0.717) is 0 Å². The summed E-state index contributed by atoms with van der Waals surface area (Å²) >= 11 is 0. The number of rotatable bonds is 8. The molecule has 0 aromatic heterocycles. The van der Waals surface area contributed by atoms with Gasteiger partial charge in [0.05, 0.1) is 12.9 Å². The van der Waals surface area contributed by atoms with E-state index in [0.717, 1.165) is 25.9 Å². The SMILES string of the molecule is CCCCCCCCC(C)(O)N1C=NCC1. The molecule has 0 saturated heterocycles. The third-order valence-corrected chi connectivity index (χ3v) is 3.31. The van der Waals surface area contributed by atoms with Gasteiger partial charge in [-0.25, -0.2) is 0 Å². The van der Waals surface area contributed by atoms with E-state index in [9.17, 15) is 5.11 Å². The molecule has 1 heterocycles. The molecule has 0 amide bonds. The van der Waals surface area contributed by atoms with E-state index in [1.54, 1.807) is 6.34 Å². The molecule has 1 atom stereocenters. The lowest BCUT2D eigenvalue weighted by atomic mass is 10.0. The lowest BCUT2D eigenvalue weighted by Gasteiger charge is -2.33. The van der Waals surface area contributed by atoms with Crippen LogP contribution in [0.4, 0.5) is 0 Å². The summed E-state index contributed by atoms with van der Waals surface area (Å²) < 4.78 is 0. The van der Waals surface area contributed by atoms with Crippen LogP contribution in [-0.4, -0.2) is 35.2 Å². The molecular formula is C13H26N2O. The average molecular weight is 226 g/mol. The standard InChI is InChI=1S/C13H26N2O/c1-3-4-5-6-7-8-9-13(2,16)15-11-10-14-12-15/h12,16H,3-11H2,1-2H3. The topological polar surface area (TPSA) is 35.8 Å². The summed E-state index contributed by atoms with van der Waals surface area (Å²) in [7, 11) is 0. The normalized spacial score (nSPS) is 19.1. The van der Waals surface area contributed by atoms with E-state index in [-0.39, 0.29) is 0 Å². The molecule has 94 valence electrons. The Morgan fingerprint density at radius 1 is 1.25 bits per heavy atom. The van der Waals surface area contributed by atoms with Gasteiger partial charge in [-0.05, 0) is 19.8 Å². The van der Waals surface area contributed by atoms with Crippen LogP contribution in [0, 0.1) is 0 Å². The zero-order valence-electron chi connectivity index (χ0n) is 10.8. The van der Waals surface area contributed by atoms with Gasteiger partial charge in [0.2, 0.25) is 0 Å². The largest absolute Gasteiger partial charge is 0.371 e. The Balaban J connectivity index is 2.08. The number of nitrogens with zero attached hydrogens (tertiary/aromatic N) is 2. The summed E-state index contributed by atoms with van der Waals surface area (Å²) in [4.78, 5) is 6.10. The van der Waals surface area contributed by atoms with Gasteiger partial charge in [0.1, 0.15) is 5.72 Å². The highest BCUT2D eigenvalue weighted by Gasteiger charge is 2.27. The van der Waals surface area contributed by atoms with Crippen LogP contribution >= 0.6 is 0 Å². The van der Waals surface area contributed by atoms with Crippen LogP contribution in [0.1, 0.15) is 58.8 Å². The first-order chi connectivity index (χ1) is 7.67. The fraction of sp³-hybridized carbons (Fsp3) is 0.923. The first kappa shape index (κ1) is 13.5. The van der Waals surface area contributed by atoms with Crippen molar-refractivity contribution in [3.8, 4) is 0 Å². The van der Waals surface area contributed by atoms with E-state index in [1.165, 1.54) is 32.1 Å². The maximum Gasteiger partial charge on any atom is 0.135 e. The molecule has 0 radical (unpaired) electrons. The van der Waals surface area contributed by atoms with Crippen molar-refractivity contribution in [3.63, 3.8) is 0 Å². The summed E-state index contributed by atoms with van der Waals surface area (Å²) in [6.45, 7) is 5.82. The molecule has 0 spiro atoms. The summed E-state index contributed by atoms with van der Waals surface area (Å²) in [5, 5.41) is 10.3. The van der Waals surface area contributed by atoms with Gasteiger partial charge in [-0.3, -0.25) is 4.99 Å². The third kappa shape index (κ3) is 4.52. The highest BCUT2D eigenvalue weighted by atomic mass is 16.3. The minimum absolute atomic E-state index is 0.690. The molecule has 1 rings (SSSR count). The minimum Gasteiger partial charge on any atom is -0.371 e. The van der Waals surface area contributed by atoms with Crippen LogP contribution in [0.5, 0.6) is 0 Å². The smallest absolute Gasteiger partial charge is 0.135 e. The predicted molar refractivity (Wildman–Crippen MR) is 68.7 cm³/mol. The highest BCUT2D eigenvalue weighted by molar-refractivity contribution is 5.58. The fourth-order valence-electron chi connectivity index (χ4n) is 2.13. The van der Waals surface area contributed by atoms with Crippen LogP contribution in [-0.2, 0) is 0 Å². The van der Waals surface area contributed by atoms with Crippen LogP contribution in [0.25, 0.3) is 0 Å². The molecule has 0 saturated carbocycles. The Kier molecular flexibility index (Phi) is 5.81. The third-order valence-electron chi connectivity index (χ3n) is 3.31. The van der Waals surface area contributed by atoms with Gasteiger partial charge in [-0.2, -0.15) is 0 Å². The van der Waals surface area contributed by atoms with Crippen molar-refractivity contribution in [2.24, 2.45) is 4.99 Å². The Bertz CT molecular complexity index is 214. The Hall–Kier alpha value is -0.570. The summed E-state index contributed by atoms with van der Waals surface area (Å²) in [6, 6.07) is 0. The van der Waals surface area contributed by atoms with Crippen molar-refractivity contribution in [1.29, 1.82) is 0 Å². The Labute approximate surface area is 99.6 Å². The van der Waals surface area contributed by atoms with E-state index >= 15 is 0 Å². The summed E-state index contributed by atoms with van der Waals surface area (Å²) in [5.41, 5.74) is -0.690. The number of hydrogen-bond acceptors (Lipinski definition) is 3. The molecule has 3 heteroatoms. The first-order valence-corrected chi connectivity index (χ1v) is 6.66. The second kappa shape index (κ2) is 6.89. The molecule has 0 aromatic rings. The van der Waals surface area contributed by atoms with Crippen molar-refractivity contribution in [3.05, 3.63) is 0 Å². The fourth-order valence-corrected chi connectivity index (χ4v) is 2.13. The number of unbranched alkanes of at least 4 members (excludes halogenated alkanes) is 5. The molecule has 0 bridgehead atoms. The molecule has 3 nitrogen and oxygen atoms in total. The quantitative estimate of drug-likeness (QED) is 0.646. The zero-order valence-corrected chi connectivity index (χ0v) is 10.8. The van der Waals surface area contributed by atoms with Gasteiger partial charge < -0.3 is 10.0 Å². The molecule has 1 aliphatic rings. The zero-order chi connectivity index (χ0) is 11.9. The van der Waals surface area contributed by atoms with Gasteiger partial charge in [-0.1, -0.05) is 39.0 Å².